The zero-order valence-electron chi connectivity index (χ0n) is 19.4. The lowest BCUT2D eigenvalue weighted by Gasteiger charge is -2.33. The number of hydrogen-bond acceptors (Lipinski definition) is 5. The number of halogens is 2. The van der Waals surface area contributed by atoms with Gasteiger partial charge in [-0.1, -0.05) is 6.07 Å². The second kappa shape index (κ2) is 9.30. The maximum Gasteiger partial charge on any atom is 0.261 e. The SMILES string of the molecule is Cc1nc2cccnc2n1C1CCN(C(=O)c2cccc(NS(=O)(=O)c3ccc(F)c(F)c3)c2)CC1. The van der Waals surface area contributed by atoms with Gasteiger partial charge in [-0.05, 0) is 68.3 Å². The molecule has 5 rings (SSSR count). The van der Waals surface area contributed by atoms with Crippen molar-refractivity contribution in [1.82, 2.24) is 19.4 Å². The molecule has 8 nitrogen and oxygen atoms in total. The van der Waals surface area contributed by atoms with Gasteiger partial charge >= 0.3 is 0 Å². The summed E-state index contributed by atoms with van der Waals surface area (Å²) in [5.41, 5.74) is 2.15. The number of carbonyl (C=O) groups is 1. The quantitative estimate of drug-likeness (QED) is 0.431. The van der Waals surface area contributed by atoms with Gasteiger partial charge in [0.15, 0.2) is 17.3 Å². The number of benzene rings is 2. The summed E-state index contributed by atoms with van der Waals surface area (Å²) >= 11 is 0. The lowest BCUT2D eigenvalue weighted by atomic mass is 10.0. The molecule has 4 aromatic rings. The molecule has 1 N–H and O–H groups in total. The van der Waals surface area contributed by atoms with Gasteiger partial charge in [0.2, 0.25) is 0 Å². The lowest BCUT2D eigenvalue weighted by Crippen LogP contribution is -2.39. The molecule has 0 atom stereocenters. The highest BCUT2D eigenvalue weighted by Gasteiger charge is 2.27. The number of piperidine rings is 1. The molecule has 1 aliphatic rings. The van der Waals surface area contributed by atoms with E-state index >= 15 is 0 Å². The number of fused-ring (bicyclic) bond motifs is 1. The molecule has 1 amide bonds. The minimum absolute atomic E-state index is 0.145. The number of anilines is 1. The second-order valence-electron chi connectivity index (χ2n) is 8.66. The van der Waals surface area contributed by atoms with Crippen LogP contribution in [0.1, 0.15) is 35.1 Å². The average molecular weight is 512 g/mol. The zero-order valence-corrected chi connectivity index (χ0v) is 20.2. The van der Waals surface area contributed by atoms with Crippen LogP contribution in [-0.2, 0) is 10.0 Å². The Balaban J connectivity index is 1.28. The minimum atomic E-state index is -4.17. The monoisotopic (exact) mass is 511 g/mol. The lowest BCUT2D eigenvalue weighted by molar-refractivity contribution is 0.0695. The number of likely N-dealkylation sites (tertiary alicyclic amines) is 1. The van der Waals surface area contributed by atoms with Crippen LogP contribution in [0.5, 0.6) is 0 Å². The molecule has 0 aliphatic carbocycles. The molecule has 0 spiro atoms. The fourth-order valence-corrected chi connectivity index (χ4v) is 5.62. The number of nitrogens with zero attached hydrogens (tertiary/aromatic N) is 4. The highest BCUT2D eigenvalue weighted by atomic mass is 32.2. The number of aryl methyl sites for hydroxylation is 1. The Morgan fingerprint density at radius 1 is 1.03 bits per heavy atom. The van der Waals surface area contributed by atoms with Gasteiger partial charge in [0.05, 0.1) is 4.90 Å². The van der Waals surface area contributed by atoms with E-state index in [2.05, 4.69) is 19.3 Å². The molecule has 0 bridgehead atoms. The Morgan fingerprint density at radius 2 is 1.81 bits per heavy atom. The first-order valence-electron chi connectivity index (χ1n) is 11.4. The van der Waals surface area contributed by atoms with Gasteiger partial charge in [-0.2, -0.15) is 0 Å². The number of amides is 1. The molecule has 1 fully saturated rings. The number of pyridine rings is 1. The van der Waals surface area contributed by atoms with E-state index < -0.39 is 26.6 Å². The van der Waals surface area contributed by atoms with Crippen molar-refractivity contribution in [2.75, 3.05) is 17.8 Å². The predicted molar refractivity (Wildman–Crippen MR) is 130 cm³/mol. The first-order valence-corrected chi connectivity index (χ1v) is 12.9. The summed E-state index contributed by atoms with van der Waals surface area (Å²) in [5.74, 6) is -1.74. The van der Waals surface area contributed by atoms with E-state index in [-0.39, 0.29) is 17.6 Å². The smallest absolute Gasteiger partial charge is 0.261 e. The van der Waals surface area contributed by atoms with Crippen molar-refractivity contribution in [3.8, 4) is 0 Å². The van der Waals surface area contributed by atoms with Crippen molar-refractivity contribution in [3.05, 3.63) is 83.8 Å². The third kappa shape index (κ3) is 4.53. The summed E-state index contributed by atoms with van der Waals surface area (Å²) in [4.78, 5) is 23.5. The number of carbonyl (C=O) groups excluding carboxylic acids is 1. The Labute approximate surface area is 206 Å². The van der Waals surface area contributed by atoms with E-state index in [1.54, 1.807) is 23.2 Å². The van der Waals surface area contributed by atoms with Crippen molar-refractivity contribution >= 4 is 32.8 Å². The number of aromatic nitrogens is 3. The molecular formula is C25H23F2N5O3S. The van der Waals surface area contributed by atoms with Crippen LogP contribution in [0.25, 0.3) is 11.2 Å². The van der Waals surface area contributed by atoms with Gasteiger partial charge in [-0.15, -0.1) is 0 Å². The van der Waals surface area contributed by atoms with Crippen molar-refractivity contribution < 1.29 is 22.0 Å². The van der Waals surface area contributed by atoms with E-state index in [1.807, 2.05) is 19.1 Å². The van der Waals surface area contributed by atoms with Crippen LogP contribution in [0, 0.1) is 18.6 Å². The molecule has 2 aromatic heterocycles. The van der Waals surface area contributed by atoms with Crippen molar-refractivity contribution in [2.24, 2.45) is 0 Å². The van der Waals surface area contributed by atoms with E-state index in [9.17, 15) is 22.0 Å². The normalized spacial score (nSPS) is 14.8. The van der Waals surface area contributed by atoms with Gasteiger partial charge in [-0.3, -0.25) is 9.52 Å². The van der Waals surface area contributed by atoms with Crippen molar-refractivity contribution in [1.29, 1.82) is 0 Å². The van der Waals surface area contributed by atoms with Crippen LogP contribution in [0.4, 0.5) is 14.5 Å². The summed E-state index contributed by atoms with van der Waals surface area (Å²) in [5, 5.41) is 0. The summed E-state index contributed by atoms with van der Waals surface area (Å²) < 4.78 is 56.4. The summed E-state index contributed by atoms with van der Waals surface area (Å²) in [6, 6.07) is 12.4. The van der Waals surface area contributed by atoms with Gasteiger partial charge in [0.1, 0.15) is 11.3 Å². The summed E-state index contributed by atoms with van der Waals surface area (Å²) in [7, 11) is -4.17. The molecule has 0 radical (unpaired) electrons. The van der Waals surface area contributed by atoms with Gasteiger partial charge < -0.3 is 9.47 Å². The third-order valence-corrected chi connectivity index (χ3v) is 7.68. The van der Waals surface area contributed by atoms with Crippen LogP contribution in [0.3, 0.4) is 0 Å². The number of sulfonamides is 1. The Bertz CT molecular complexity index is 1560. The van der Waals surface area contributed by atoms with Gasteiger partial charge in [0.25, 0.3) is 15.9 Å². The third-order valence-electron chi connectivity index (χ3n) is 6.31. The number of nitrogens with one attached hydrogen (secondary N) is 1. The predicted octanol–water partition coefficient (Wildman–Crippen LogP) is 4.30. The Kier molecular flexibility index (Phi) is 6.17. The molecule has 3 heterocycles. The molecule has 186 valence electrons. The Morgan fingerprint density at radius 3 is 2.56 bits per heavy atom. The molecule has 0 unspecified atom stereocenters. The number of hydrogen-bond donors (Lipinski definition) is 1. The highest BCUT2D eigenvalue weighted by Crippen LogP contribution is 2.29. The number of rotatable bonds is 5. The minimum Gasteiger partial charge on any atom is -0.338 e. The van der Waals surface area contributed by atoms with Gasteiger partial charge in [-0.25, -0.2) is 27.2 Å². The zero-order chi connectivity index (χ0) is 25.4. The van der Waals surface area contributed by atoms with E-state index in [1.165, 1.54) is 12.1 Å². The largest absolute Gasteiger partial charge is 0.338 e. The second-order valence-corrected chi connectivity index (χ2v) is 10.3. The summed E-state index contributed by atoms with van der Waals surface area (Å²) in [6.45, 7) is 3.01. The molecule has 11 heteroatoms. The van der Waals surface area contributed by atoms with Crippen molar-refractivity contribution in [3.63, 3.8) is 0 Å². The van der Waals surface area contributed by atoms with Gasteiger partial charge in [0, 0.05) is 36.6 Å². The fourth-order valence-electron chi connectivity index (χ4n) is 4.56. The molecule has 36 heavy (non-hydrogen) atoms. The Hall–Kier alpha value is -3.86. The first-order chi connectivity index (χ1) is 17.2. The fraction of sp³-hybridized carbons (Fsp3) is 0.240. The van der Waals surface area contributed by atoms with Crippen LogP contribution >= 0.6 is 0 Å². The molecule has 2 aromatic carbocycles. The van der Waals surface area contributed by atoms with Crippen LogP contribution in [0.15, 0.2) is 65.7 Å². The highest BCUT2D eigenvalue weighted by molar-refractivity contribution is 7.92. The average Bonchev–Trinajstić information content (AvgIpc) is 3.21. The molecule has 1 aliphatic heterocycles. The van der Waals surface area contributed by atoms with Crippen LogP contribution < -0.4 is 4.72 Å². The van der Waals surface area contributed by atoms with Crippen molar-refractivity contribution in [2.45, 2.75) is 30.7 Å². The standard InChI is InChI=1S/C25H23F2N5O3S/c1-16-29-23-6-3-11-28-24(23)32(16)19-9-12-31(13-10-19)25(33)17-4-2-5-18(14-17)30-36(34,35)20-7-8-21(26)22(27)15-20/h2-8,11,14-15,19,30H,9-10,12-13H2,1H3. The molecule has 0 saturated carbocycles. The molecule has 1 saturated heterocycles. The van der Waals surface area contributed by atoms with Crippen LogP contribution in [-0.4, -0.2) is 46.8 Å². The number of imidazole rings is 1. The summed E-state index contributed by atoms with van der Waals surface area (Å²) in [6.07, 6.45) is 3.21. The maximum absolute atomic E-state index is 13.5. The molecular weight excluding hydrogens is 488 g/mol. The van der Waals surface area contributed by atoms with E-state index in [0.717, 1.165) is 42.0 Å². The topological polar surface area (TPSA) is 97.2 Å². The van der Waals surface area contributed by atoms with E-state index in [4.69, 9.17) is 0 Å². The van der Waals surface area contributed by atoms with Crippen LogP contribution in [0.2, 0.25) is 0 Å². The maximum atomic E-state index is 13.5. The first kappa shape index (κ1) is 23.9. The van der Waals surface area contributed by atoms with E-state index in [0.29, 0.717) is 24.7 Å².